The molecule has 0 aliphatic rings. The van der Waals surface area contributed by atoms with Gasteiger partial charge in [0.05, 0.1) is 11.3 Å². The Labute approximate surface area is 169 Å². The van der Waals surface area contributed by atoms with Gasteiger partial charge in [-0.05, 0) is 37.6 Å². The molecule has 0 fully saturated rings. The third kappa shape index (κ3) is 4.72. The van der Waals surface area contributed by atoms with Crippen LogP contribution < -0.4 is 10.2 Å². The number of benzene rings is 1. The first-order valence-electron chi connectivity index (χ1n) is 8.99. The van der Waals surface area contributed by atoms with Crippen molar-refractivity contribution < 1.29 is 9.32 Å². The number of hydrogen-bond donors (Lipinski definition) is 1. The van der Waals surface area contributed by atoms with Gasteiger partial charge in [0.2, 0.25) is 0 Å². The summed E-state index contributed by atoms with van der Waals surface area (Å²) in [5, 5.41) is 6.97. The zero-order valence-corrected chi connectivity index (χ0v) is 17.3. The molecule has 7 heteroatoms. The summed E-state index contributed by atoms with van der Waals surface area (Å²) in [7, 11) is 3.89. The van der Waals surface area contributed by atoms with Gasteiger partial charge in [0.25, 0.3) is 5.91 Å². The van der Waals surface area contributed by atoms with Crippen molar-refractivity contribution in [1.82, 2.24) is 15.5 Å². The van der Waals surface area contributed by atoms with Crippen molar-refractivity contribution in [2.45, 2.75) is 31.0 Å². The number of pyridine rings is 1. The van der Waals surface area contributed by atoms with Crippen LogP contribution in [0.15, 0.2) is 52.0 Å². The summed E-state index contributed by atoms with van der Waals surface area (Å²) in [6.07, 6.45) is 1.79. The van der Waals surface area contributed by atoms with Crippen molar-refractivity contribution in [1.29, 1.82) is 0 Å². The molecule has 3 rings (SSSR count). The number of amides is 1. The van der Waals surface area contributed by atoms with Gasteiger partial charge in [0, 0.05) is 43.0 Å². The van der Waals surface area contributed by atoms with Crippen LogP contribution in [0.4, 0.5) is 5.82 Å². The second-order valence-electron chi connectivity index (χ2n) is 6.69. The lowest BCUT2D eigenvalue weighted by Crippen LogP contribution is -2.23. The van der Waals surface area contributed by atoms with E-state index in [1.54, 1.807) is 18.0 Å². The normalized spacial score (nSPS) is 10.7. The summed E-state index contributed by atoms with van der Waals surface area (Å²) in [4.78, 5) is 20.0. The van der Waals surface area contributed by atoms with Crippen LogP contribution in [0.1, 0.15) is 32.9 Å². The number of nitrogens with one attached hydrogen (secondary N) is 1. The van der Waals surface area contributed by atoms with Gasteiger partial charge in [-0.3, -0.25) is 4.79 Å². The predicted molar refractivity (Wildman–Crippen MR) is 112 cm³/mol. The van der Waals surface area contributed by atoms with E-state index in [4.69, 9.17) is 4.52 Å². The SMILES string of the molecule is Cc1noc(C)c1CSc1ccccc1C(=O)NCc1ccc(N(C)C)nc1. The molecule has 0 unspecified atom stereocenters. The van der Waals surface area contributed by atoms with Crippen LogP contribution in [0.3, 0.4) is 0 Å². The Morgan fingerprint density at radius 2 is 1.96 bits per heavy atom. The first kappa shape index (κ1) is 19.9. The smallest absolute Gasteiger partial charge is 0.252 e. The molecule has 0 spiro atoms. The zero-order valence-electron chi connectivity index (χ0n) is 16.5. The standard InChI is InChI=1S/C21H24N4O2S/c1-14-18(15(2)27-24-14)13-28-19-8-6-5-7-17(19)21(26)23-12-16-9-10-20(22-11-16)25(3)4/h5-11H,12-13H2,1-4H3,(H,23,26). The fourth-order valence-electron chi connectivity index (χ4n) is 2.70. The second-order valence-corrected chi connectivity index (χ2v) is 7.71. The van der Waals surface area contributed by atoms with Crippen LogP contribution in [0.2, 0.25) is 0 Å². The van der Waals surface area contributed by atoms with E-state index in [0.717, 1.165) is 33.3 Å². The summed E-state index contributed by atoms with van der Waals surface area (Å²) >= 11 is 1.61. The highest BCUT2D eigenvalue weighted by molar-refractivity contribution is 7.98. The zero-order chi connectivity index (χ0) is 20.1. The first-order valence-corrected chi connectivity index (χ1v) is 9.98. The molecule has 0 aliphatic heterocycles. The molecule has 0 saturated carbocycles. The van der Waals surface area contributed by atoms with Crippen LogP contribution in [0.5, 0.6) is 0 Å². The molecule has 1 amide bonds. The minimum atomic E-state index is -0.0986. The molecule has 3 aromatic rings. The molecule has 0 bridgehead atoms. The Morgan fingerprint density at radius 1 is 1.18 bits per heavy atom. The monoisotopic (exact) mass is 396 g/mol. The lowest BCUT2D eigenvalue weighted by Gasteiger charge is -2.12. The number of aryl methyl sites for hydroxylation is 2. The summed E-state index contributed by atoms with van der Waals surface area (Å²) in [5.74, 6) is 2.32. The van der Waals surface area contributed by atoms with E-state index < -0.39 is 0 Å². The number of aromatic nitrogens is 2. The Kier molecular flexibility index (Phi) is 6.36. The number of hydrogen-bond acceptors (Lipinski definition) is 6. The van der Waals surface area contributed by atoms with E-state index in [1.165, 1.54) is 0 Å². The van der Waals surface area contributed by atoms with Crippen LogP contribution in [-0.4, -0.2) is 30.1 Å². The molecule has 1 N–H and O–H groups in total. The number of rotatable bonds is 7. The topological polar surface area (TPSA) is 71.3 Å². The maximum absolute atomic E-state index is 12.7. The third-order valence-electron chi connectivity index (χ3n) is 4.41. The molecule has 0 radical (unpaired) electrons. The summed E-state index contributed by atoms with van der Waals surface area (Å²) < 4.78 is 5.22. The molecular formula is C21H24N4O2S. The molecule has 6 nitrogen and oxygen atoms in total. The molecule has 146 valence electrons. The maximum atomic E-state index is 12.7. The fourth-order valence-corrected chi connectivity index (χ4v) is 3.90. The Morgan fingerprint density at radius 3 is 2.61 bits per heavy atom. The van der Waals surface area contributed by atoms with Gasteiger partial charge in [0.1, 0.15) is 11.6 Å². The summed E-state index contributed by atoms with van der Waals surface area (Å²) in [6, 6.07) is 11.5. The predicted octanol–water partition coefficient (Wildman–Crippen LogP) is 3.97. The van der Waals surface area contributed by atoms with Crippen molar-refractivity contribution in [2.75, 3.05) is 19.0 Å². The molecule has 0 aliphatic carbocycles. The number of carbonyl (C=O) groups excluding carboxylic acids is 1. The van der Waals surface area contributed by atoms with Gasteiger partial charge in [-0.25, -0.2) is 4.98 Å². The van der Waals surface area contributed by atoms with E-state index in [9.17, 15) is 4.79 Å². The molecule has 2 heterocycles. The summed E-state index contributed by atoms with van der Waals surface area (Å²) in [6.45, 7) is 4.27. The van der Waals surface area contributed by atoms with E-state index in [2.05, 4.69) is 15.5 Å². The van der Waals surface area contributed by atoms with E-state index in [-0.39, 0.29) is 5.91 Å². The molecule has 0 saturated heterocycles. The molecule has 28 heavy (non-hydrogen) atoms. The van der Waals surface area contributed by atoms with Crippen molar-refractivity contribution in [3.63, 3.8) is 0 Å². The average Bonchev–Trinajstić information content (AvgIpc) is 3.02. The molecule has 2 aromatic heterocycles. The minimum Gasteiger partial charge on any atom is -0.363 e. The van der Waals surface area contributed by atoms with Gasteiger partial charge in [0.15, 0.2) is 0 Å². The quantitative estimate of drug-likeness (QED) is 0.609. The van der Waals surface area contributed by atoms with Crippen molar-refractivity contribution in [3.8, 4) is 0 Å². The van der Waals surface area contributed by atoms with Crippen molar-refractivity contribution in [2.24, 2.45) is 0 Å². The molecular weight excluding hydrogens is 372 g/mol. The Balaban J connectivity index is 1.65. The van der Waals surface area contributed by atoms with Gasteiger partial charge in [-0.2, -0.15) is 0 Å². The lowest BCUT2D eigenvalue weighted by atomic mass is 10.2. The number of thioether (sulfide) groups is 1. The second kappa shape index (κ2) is 8.93. The lowest BCUT2D eigenvalue weighted by molar-refractivity contribution is 0.0948. The largest absolute Gasteiger partial charge is 0.363 e. The maximum Gasteiger partial charge on any atom is 0.252 e. The number of carbonyl (C=O) groups is 1. The number of anilines is 1. The van der Waals surface area contributed by atoms with Crippen LogP contribution in [0, 0.1) is 13.8 Å². The Bertz CT molecular complexity index is 932. The van der Waals surface area contributed by atoms with Crippen LogP contribution in [-0.2, 0) is 12.3 Å². The van der Waals surface area contributed by atoms with Crippen molar-refractivity contribution >= 4 is 23.5 Å². The summed E-state index contributed by atoms with van der Waals surface area (Å²) in [5.41, 5.74) is 3.59. The number of nitrogens with zero attached hydrogens (tertiary/aromatic N) is 3. The Hall–Kier alpha value is -2.80. The van der Waals surface area contributed by atoms with Gasteiger partial charge in [-0.15, -0.1) is 11.8 Å². The van der Waals surface area contributed by atoms with E-state index >= 15 is 0 Å². The highest BCUT2D eigenvalue weighted by atomic mass is 32.2. The molecule has 1 aromatic carbocycles. The third-order valence-corrected chi connectivity index (χ3v) is 5.51. The van der Waals surface area contributed by atoms with Crippen LogP contribution in [0.25, 0.3) is 0 Å². The van der Waals surface area contributed by atoms with E-state index in [1.807, 2.05) is 69.2 Å². The highest BCUT2D eigenvalue weighted by Gasteiger charge is 2.14. The highest BCUT2D eigenvalue weighted by Crippen LogP contribution is 2.28. The van der Waals surface area contributed by atoms with E-state index in [0.29, 0.717) is 17.9 Å². The van der Waals surface area contributed by atoms with Gasteiger partial charge < -0.3 is 14.7 Å². The molecule has 0 atom stereocenters. The fraction of sp³-hybridized carbons (Fsp3) is 0.286. The van der Waals surface area contributed by atoms with Gasteiger partial charge >= 0.3 is 0 Å². The van der Waals surface area contributed by atoms with Gasteiger partial charge in [-0.1, -0.05) is 23.4 Å². The average molecular weight is 397 g/mol. The van der Waals surface area contributed by atoms with Crippen LogP contribution >= 0.6 is 11.8 Å². The first-order chi connectivity index (χ1) is 13.5. The van der Waals surface area contributed by atoms with Crippen molar-refractivity contribution in [3.05, 3.63) is 70.7 Å². The minimum absolute atomic E-state index is 0.0986.